The Kier molecular flexibility index (Phi) is 4.07. The van der Waals surface area contributed by atoms with Gasteiger partial charge < -0.3 is 0 Å². The van der Waals surface area contributed by atoms with Crippen molar-refractivity contribution in [2.75, 3.05) is 13.1 Å². The number of nitrogens with zero attached hydrogens (tertiary/aromatic N) is 1. The summed E-state index contributed by atoms with van der Waals surface area (Å²) in [5.41, 5.74) is 1.20. The molecule has 20 heavy (non-hydrogen) atoms. The molecule has 3 rings (SSSR count). The Morgan fingerprint density at radius 2 is 1.75 bits per heavy atom. The molecule has 110 valence electrons. The molecule has 0 bridgehead atoms. The van der Waals surface area contributed by atoms with E-state index in [0.717, 1.165) is 37.1 Å². The summed E-state index contributed by atoms with van der Waals surface area (Å²) in [5.74, 6) is 0.295. The minimum atomic E-state index is -3.05. The first-order valence-electron chi connectivity index (χ1n) is 7.32. The molecular formula is C15H20ClNO2S. The van der Waals surface area contributed by atoms with Gasteiger partial charge in [0.15, 0.2) is 0 Å². The molecule has 0 aromatic heterocycles. The fourth-order valence-electron chi connectivity index (χ4n) is 2.92. The molecule has 0 unspecified atom stereocenters. The third-order valence-corrected chi connectivity index (χ3v) is 6.90. The lowest BCUT2D eigenvalue weighted by Gasteiger charge is -2.24. The topological polar surface area (TPSA) is 37.4 Å². The summed E-state index contributed by atoms with van der Waals surface area (Å²) in [6, 6.07) is 7.84. The van der Waals surface area contributed by atoms with Gasteiger partial charge in [-0.05, 0) is 49.3 Å². The van der Waals surface area contributed by atoms with Crippen molar-refractivity contribution < 1.29 is 8.42 Å². The van der Waals surface area contributed by atoms with Crippen molar-refractivity contribution in [1.82, 2.24) is 4.31 Å². The van der Waals surface area contributed by atoms with Gasteiger partial charge in [-0.3, -0.25) is 0 Å². The number of rotatable bonds is 3. The van der Waals surface area contributed by atoms with Crippen LogP contribution >= 0.6 is 11.6 Å². The summed E-state index contributed by atoms with van der Waals surface area (Å²) < 4.78 is 26.6. The fourth-order valence-corrected chi connectivity index (χ4v) is 4.97. The van der Waals surface area contributed by atoms with Gasteiger partial charge >= 0.3 is 0 Å². The van der Waals surface area contributed by atoms with Crippen LogP contribution in [-0.2, 0) is 10.0 Å². The molecule has 1 aliphatic carbocycles. The highest BCUT2D eigenvalue weighted by molar-refractivity contribution is 7.90. The molecule has 2 aliphatic rings. The number of sulfonamides is 1. The van der Waals surface area contributed by atoms with E-state index in [-0.39, 0.29) is 5.25 Å². The van der Waals surface area contributed by atoms with Crippen LogP contribution in [0.5, 0.6) is 0 Å². The molecule has 5 heteroatoms. The lowest BCUT2D eigenvalue weighted by atomic mass is 9.95. The van der Waals surface area contributed by atoms with Gasteiger partial charge in [-0.2, -0.15) is 0 Å². The summed E-state index contributed by atoms with van der Waals surface area (Å²) >= 11 is 5.93. The van der Waals surface area contributed by atoms with E-state index >= 15 is 0 Å². The van der Waals surface area contributed by atoms with Gasteiger partial charge in [0.05, 0.1) is 5.25 Å². The maximum Gasteiger partial charge on any atom is 0.217 e. The van der Waals surface area contributed by atoms with Crippen LogP contribution in [0, 0.1) is 0 Å². The van der Waals surface area contributed by atoms with E-state index in [2.05, 4.69) is 0 Å². The zero-order valence-corrected chi connectivity index (χ0v) is 13.0. The van der Waals surface area contributed by atoms with Crippen LogP contribution in [0.25, 0.3) is 0 Å². The second-order valence-corrected chi connectivity index (χ2v) is 8.50. The number of benzene rings is 1. The van der Waals surface area contributed by atoms with Crippen LogP contribution < -0.4 is 0 Å². The summed E-state index contributed by atoms with van der Waals surface area (Å²) in [7, 11) is -3.05. The number of halogens is 1. The van der Waals surface area contributed by atoms with Crippen molar-refractivity contribution in [3.8, 4) is 0 Å². The van der Waals surface area contributed by atoms with Crippen molar-refractivity contribution >= 4 is 21.6 Å². The van der Waals surface area contributed by atoms with E-state index in [1.807, 2.05) is 24.3 Å². The van der Waals surface area contributed by atoms with E-state index in [1.54, 1.807) is 4.31 Å². The molecule has 0 N–H and O–H groups in total. The lowest BCUT2D eigenvalue weighted by molar-refractivity contribution is 0.405. The molecular weight excluding hydrogens is 294 g/mol. The van der Waals surface area contributed by atoms with E-state index in [1.165, 1.54) is 5.56 Å². The first-order chi connectivity index (χ1) is 9.57. The van der Waals surface area contributed by atoms with Crippen LogP contribution in [-0.4, -0.2) is 31.1 Å². The number of hydrogen-bond acceptors (Lipinski definition) is 2. The standard InChI is InChI=1S/C15H20ClNO2S/c16-14-6-4-12(5-7-14)13-3-1-2-10-17(11-13)20(18,19)15-8-9-15/h4-7,13,15H,1-3,8-11H2/t13-/m1/s1. The highest BCUT2D eigenvalue weighted by atomic mass is 35.5. The highest BCUT2D eigenvalue weighted by Crippen LogP contribution is 2.35. The molecule has 0 spiro atoms. The van der Waals surface area contributed by atoms with E-state index in [9.17, 15) is 8.42 Å². The Balaban J connectivity index is 1.80. The van der Waals surface area contributed by atoms with Gasteiger partial charge in [-0.25, -0.2) is 12.7 Å². The van der Waals surface area contributed by atoms with Gasteiger partial charge in [-0.1, -0.05) is 30.2 Å². The minimum Gasteiger partial charge on any atom is -0.212 e. The smallest absolute Gasteiger partial charge is 0.212 e. The fraction of sp³-hybridized carbons (Fsp3) is 0.600. The molecule has 1 saturated heterocycles. The minimum absolute atomic E-state index is 0.105. The van der Waals surface area contributed by atoms with Crippen molar-refractivity contribution in [2.45, 2.75) is 43.3 Å². The average molecular weight is 314 g/mol. The second-order valence-electron chi connectivity index (χ2n) is 5.85. The molecule has 1 heterocycles. The predicted octanol–water partition coefficient (Wildman–Crippen LogP) is 3.40. The molecule has 1 saturated carbocycles. The molecule has 0 amide bonds. The molecule has 1 atom stereocenters. The zero-order valence-electron chi connectivity index (χ0n) is 11.5. The predicted molar refractivity (Wildman–Crippen MR) is 81.6 cm³/mol. The van der Waals surface area contributed by atoms with Crippen LogP contribution in [0.15, 0.2) is 24.3 Å². The van der Waals surface area contributed by atoms with Gasteiger partial charge in [-0.15, -0.1) is 0 Å². The Bertz CT molecular complexity index is 566. The Labute approximate surface area is 126 Å². The average Bonchev–Trinajstić information content (AvgIpc) is 3.26. The Morgan fingerprint density at radius 3 is 2.40 bits per heavy atom. The van der Waals surface area contributed by atoms with Crippen LogP contribution in [0.2, 0.25) is 5.02 Å². The third kappa shape index (κ3) is 3.02. The Hall–Kier alpha value is -0.580. The third-order valence-electron chi connectivity index (χ3n) is 4.28. The summed E-state index contributed by atoms with van der Waals surface area (Å²) in [6.45, 7) is 1.31. The summed E-state index contributed by atoms with van der Waals surface area (Å²) in [6.07, 6.45) is 4.78. The lowest BCUT2D eigenvalue weighted by Crippen LogP contribution is -2.36. The van der Waals surface area contributed by atoms with Gasteiger partial charge in [0, 0.05) is 18.1 Å². The largest absolute Gasteiger partial charge is 0.217 e. The first kappa shape index (κ1) is 14.4. The van der Waals surface area contributed by atoms with E-state index < -0.39 is 10.0 Å². The molecule has 1 aliphatic heterocycles. The van der Waals surface area contributed by atoms with Gasteiger partial charge in [0.25, 0.3) is 0 Å². The zero-order chi connectivity index (χ0) is 14.2. The van der Waals surface area contributed by atoms with Crippen molar-refractivity contribution in [3.05, 3.63) is 34.9 Å². The molecule has 3 nitrogen and oxygen atoms in total. The SMILES string of the molecule is O=S(=O)(C1CC1)N1CCCC[C@@H](c2ccc(Cl)cc2)C1. The van der Waals surface area contributed by atoms with Gasteiger partial charge in [0.1, 0.15) is 0 Å². The van der Waals surface area contributed by atoms with Crippen molar-refractivity contribution in [2.24, 2.45) is 0 Å². The van der Waals surface area contributed by atoms with Crippen LogP contribution in [0.4, 0.5) is 0 Å². The molecule has 0 radical (unpaired) electrons. The maximum atomic E-state index is 12.4. The van der Waals surface area contributed by atoms with Gasteiger partial charge in [0.2, 0.25) is 10.0 Å². The maximum absolute atomic E-state index is 12.4. The van der Waals surface area contributed by atoms with Crippen molar-refractivity contribution in [3.63, 3.8) is 0 Å². The monoisotopic (exact) mass is 313 g/mol. The number of hydrogen-bond donors (Lipinski definition) is 0. The molecule has 1 aromatic rings. The van der Waals surface area contributed by atoms with Crippen LogP contribution in [0.3, 0.4) is 0 Å². The second kappa shape index (κ2) is 5.66. The summed E-state index contributed by atoms with van der Waals surface area (Å²) in [4.78, 5) is 0. The Morgan fingerprint density at radius 1 is 1.05 bits per heavy atom. The van der Waals surface area contributed by atoms with E-state index in [4.69, 9.17) is 11.6 Å². The quantitative estimate of drug-likeness (QED) is 0.857. The molecule has 2 fully saturated rings. The van der Waals surface area contributed by atoms with E-state index in [0.29, 0.717) is 19.0 Å². The first-order valence-corrected chi connectivity index (χ1v) is 9.20. The normalized spacial score (nSPS) is 25.4. The van der Waals surface area contributed by atoms with Crippen LogP contribution in [0.1, 0.15) is 43.6 Å². The van der Waals surface area contributed by atoms with Crippen molar-refractivity contribution in [1.29, 1.82) is 0 Å². The highest BCUT2D eigenvalue weighted by Gasteiger charge is 2.41. The summed E-state index contributed by atoms with van der Waals surface area (Å²) in [5, 5.41) is 0.622. The molecule has 1 aromatic carbocycles.